The number of hydrogen-bond donors (Lipinski definition) is 0. The van der Waals surface area contributed by atoms with Gasteiger partial charge in [-0.1, -0.05) is 37.3 Å². The molecule has 1 saturated heterocycles. The van der Waals surface area contributed by atoms with E-state index in [1.165, 1.54) is 23.5 Å². The lowest BCUT2D eigenvalue weighted by Gasteiger charge is -2.32. The number of anilines is 1. The van der Waals surface area contributed by atoms with Gasteiger partial charge in [-0.15, -0.1) is 11.8 Å². The Hall–Kier alpha value is -2.00. The minimum Gasteiger partial charge on any atom is -0.354 e. The van der Waals surface area contributed by atoms with Gasteiger partial charge in [-0.25, -0.2) is 17.9 Å². The molecule has 4 nitrogen and oxygen atoms in total. The second kappa shape index (κ2) is 8.26. The van der Waals surface area contributed by atoms with Gasteiger partial charge in [0.1, 0.15) is 10.0 Å². The maximum Gasteiger partial charge on any atom is 0.251 e. The summed E-state index contributed by atoms with van der Waals surface area (Å²) in [5.74, 6) is -2.14. The molecule has 160 valence electrons. The van der Waals surface area contributed by atoms with Crippen LogP contribution in [0.3, 0.4) is 0 Å². The molecule has 0 bridgehead atoms. The molecule has 0 saturated carbocycles. The van der Waals surface area contributed by atoms with Gasteiger partial charge in [-0.2, -0.15) is 10.1 Å². The first kappa shape index (κ1) is 21.2. The summed E-state index contributed by atoms with van der Waals surface area (Å²) in [6.07, 6.45) is 1.54. The standard InChI is InChI=1S/C21H23F3N4S2/c1-13(2)29-19-18(27-9-7-21(23,24)8-10-27)25-20(30-19)28-12-17(14(3)26-28)15-5-4-6-16(22)11-15/h4-6,11-13H,7-10H2,1-3H3. The van der Waals surface area contributed by atoms with Gasteiger partial charge in [0.2, 0.25) is 5.13 Å². The Bertz CT molecular complexity index is 1030. The number of aromatic nitrogens is 3. The Morgan fingerprint density at radius 1 is 1.20 bits per heavy atom. The number of rotatable bonds is 5. The molecule has 3 aromatic rings. The zero-order valence-corrected chi connectivity index (χ0v) is 18.7. The molecule has 1 aliphatic rings. The molecule has 0 unspecified atom stereocenters. The van der Waals surface area contributed by atoms with Gasteiger partial charge in [0.05, 0.1) is 5.69 Å². The first-order valence-electron chi connectivity index (χ1n) is 9.85. The normalized spacial score (nSPS) is 16.4. The molecule has 9 heteroatoms. The number of nitrogens with zero attached hydrogens (tertiary/aromatic N) is 4. The third-order valence-corrected chi connectivity index (χ3v) is 7.17. The van der Waals surface area contributed by atoms with Crippen LogP contribution in [-0.2, 0) is 0 Å². The van der Waals surface area contributed by atoms with Gasteiger partial charge < -0.3 is 4.90 Å². The lowest BCUT2D eigenvalue weighted by molar-refractivity contribution is -0.0222. The molecule has 0 radical (unpaired) electrons. The van der Waals surface area contributed by atoms with Crippen molar-refractivity contribution in [2.75, 3.05) is 18.0 Å². The fraction of sp³-hybridized carbons (Fsp3) is 0.429. The third kappa shape index (κ3) is 4.51. The number of thiazole rings is 1. The molecule has 4 rings (SSSR count). The van der Waals surface area contributed by atoms with Crippen LogP contribution in [-0.4, -0.2) is 39.0 Å². The van der Waals surface area contributed by atoms with E-state index >= 15 is 0 Å². The van der Waals surface area contributed by atoms with Crippen molar-refractivity contribution >= 4 is 28.9 Å². The van der Waals surface area contributed by atoms with Crippen molar-refractivity contribution in [1.82, 2.24) is 14.8 Å². The zero-order valence-electron chi connectivity index (χ0n) is 17.0. The van der Waals surface area contributed by atoms with Crippen LogP contribution in [0, 0.1) is 12.7 Å². The van der Waals surface area contributed by atoms with Crippen molar-refractivity contribution in [1.29, 1.82) is 0 Å². The molecule has 2 aromatic heterocycles. The largest absolute Gasteiger partial charge is 0.354 e. The van der Waals surface area contributed by atoms with E-state index in [4.69, 9.17) is 4.98 Å². The van der Waals surface area contributed by atoms with E-state index in [0.717, 1.165) is 26.8 Å². The molecule has 0 amide bonds. The quantitative estimate of drug-likeness (QED) is 0.433. The summed E-state index contributed by atoms with van der Waals surface area (Å²) < 4.78 is 43.6. The SMILES string of the molecule is Cc1nn(-c2nc(N3CCC(F)(F)CC3)c(SC(C)C)s2)cc1-c1cccc(F)c1. The molecule has 0 atom stereocenters. The monoisotopic (exact) mass is 452 g/mol. The van der Waals surface area contributed by atoms with Crippen LogP contribution >= 0.6 is 23.1 Å². The van der Waals surface area contributed by atoms with Crippen LogP contribution in [0.5, 0.6) is 0 Å². The van der Waals surface area contributed by atoms with Crippen LogP contribution in [0.15, 0.2) is 34.7 Å². The number of hydrogen-bond acceptors (Lipinski definition) is 5. The molecular formula is C21H23F3N4S2. The average molecular weight is 453 g/mol. The van der Waals surface area contributed by atoms with Gasteiger partial charge >= 0.3 is 0 Å². The summed E-state index contributed by atoms with van der Waals surface area (Å²) in [6, 6.07) is 6.41. The van der Waals surface area contributed by atoms with E-state index in [9.17, 15) is 13.2 Å². The Morgan fingerprint density at radius 3 is 2.60 bits per heavy atom. The molecule has 0 N–H and O–H groups in total. The number of piperidine rings is 1. The molecule has 3 heterocycles. The van der Waals surface area contributed by atoms with Crippen LogP contribution in [0.25, 0.3) is 16.3 Å². The Morgan fingerprint density at radius 2 is 1.93 bits per heavy atom. The smallest absolute Gasteiger partial charge is 0.251 e. The van der Waals surface area contributed by atoms with E-state index in [-0.39, 0.29) is 31.7 Å². The Kier molecular flexibility index (Phi) is 5.85. The summed E-state index contributed by atoms with van der Waals surface area (Å²) in [5, 5.41) is 5.60. The van der Waals surface area contributed by atoms with E-state index < -0.39 is 5.92 Å². The van der Waals surface area contributed by atoms with Gasteiger partial charge in [0.25, 0.3) is 5.92 Å². The number of aryl methyl sites for hydroxylation is 1. The maximum absolute atomic E-state index is 13.7. The minimum absolute atomic E-state index is 0.157. The number of halogens is 3. The van der Waals surface area contributed by atoms with Crippen molar-refractivity contribution < 1.29 is 13.2 Å². The van der Waals surface area contributed by atoms with Crippen molar-refractivity contribution in [3.63, 3.8) is 0 Å². The molecule has 1 fully saturated rings. The van der Waals surface area contributed by atoms with Gasteiger partial charge in [-0.05, 0) is 24.6 Å². The van der Waals surface area contributed by atoms with Crippen LogP contribution in [0.2, 0.25) is 0 Å². The lowest BCUT2D eigenvalue weighted by Crippen LogP contribution is -2.39. The van der Waals surface area contributed by atoms with Gasteiger partial charge in [0, 0.05) is 42.9 Å². The topological polar surface area (TPSA) is 34.0 Å². The highest BCUT2D eigenvalue weighted by Crippen LogP contribution is 2.41. The van der Waals surface area contributed by atoms with Gasteiger partial charge in [0.15, 0.2) is 5.82 Å². The number of alkyl halides is 2. The van der Waals surface area contributed by atoms with E-state index in [1.54, 1.807) is 22.5 Å². The molecular weight excluding hydrogens is 429 g/mol. The summed E-state index contributed by atoms with van der Waals surface area (Å²) in [6.45, 7) is 6.64. The third-order valence-electron chi connectivity index (χ3n) is 4.94. The number of benzene rings is 1. The van der Waals surface area contributed by atoms with Crippen molar-refractivity contribution in [3.8, 4) is 16.3 Å². The van der Waals surface area contributed by atoms with Crippen molar-refractivity contribution in [2.45, 2.75) is 49.0 Å². The first-order valence-corrected chi connectivity index (χ1v) is 11.5. The minimum atomic E-state index is -2.60. The Labute approximate surface area is 182 Å². The summed E-state index contributed by atoms with van der Waals surface area (Å²) in [5.41, 5.74) is 2.36. The summed E-state index contributed by atoms with van der Waals surface area (Å²) >= 11 is 3.18. The van der Waals surface area contributed by atoms with Crippen LogP contribution < -0.4 is 4.90 Å². The van der Waals surface area contributed by atoms with E-state index in [0.29, 0.717) is 10.4 Å². The fourth-order valence-electron chi connectivity index (χ4n) is 3.42. The predicted octanol–water partition coefficient (Wildman–Crippen LogP) is 6.18. The fourth-order valence-corrected chi connectivity index (χ4v) is 5.87. The Balaban J connectivity index is 1.68. The van der Waals surface area contributed by atoms with Crippen molar-refractivity contribution in [2.24, 2.45) is 0 Å². The zero-order chi connectivity index (χ0) is 21.5. The first-order chi connectivity index (χ1) is 14.2. The molecule has 0 spiro atoms. The van der Waals surface area contributed by atoms with Crippen LogP contribution in [0.1, 0.15) is 32.4 Å². The second-order valence-electron chi connectivity index (χ2n) is 7.70. The van der Waals surface area contributed by atoms with Gasteiger partial charge in [-0.3, -0.25) is 0 Å². The predicted molar refractivity (Wildman–Crippen MR) is 117 cm³/mol. The number of thioether (sulfide) groups is 1. The molecule has 30 heavy (non-hydrogen) atoms. The van der Waals surface area contributed by atoms with Crippen LogP contribution in [0.4, 0.5) is 19.0 Å². The van der Waals surface area contributed by atoms with E-state index in [1.807, 2.05) is 24.1 Å². The second-order valence-corrected chi connectivity index (χ2v) is 10.5. The highest BCUT2D eigenvalue weighted by atomic mass is 32.2. The summed E-state index contributed by atoms with van der Waals surface area (Å²) in [4.78, 5) is 6.73. The molecule has 1 aromatic carbocycles. The molecule has 1 aliphatic heterocycles. The van der Waals surface area contributed by atoms with E-state index in [2.05, 4.69) is 18.9 Å². The highest BCUT2D eigenvalue weighted by molar-refractivity contribution is 8.01. The highest BCUT2D eigenvalue weighted by Gasteiger charge is 2.35. The summed E-state index contributed by atoms with van der Waals surface area (Å²) in [7, 11) is 0. The molecule has 0 aliphatic carbocycles. The maximum atomic E-state index is 13.7. The lowest BCUT2D eigenvalue weighted by atomic mass is 10.1. The van der Waals surface area contributed by atoms with Crippen molar-refractivity contribution in [3.05, 3.63) is 42.0 Å². The average Bonchev–Trinajstić information content (AvgIpc) is 3.25.